The number of halogens is 1. The zero-order valence-electron chi connectivity index (χ0n) is 8.51. The summed E-state index contributed by atoms with van der Waals surface area (Å²) in [5, 5.41) is 0. The summed E-state index contributed by atoms with van der Waals surface area (Å²) < 4.78 is 11.2. The summed E-state index contributed by atoms with van der Waals surface area (Å²) in [5.74, 6) is 0. The Morgan fingerprint density at radius 2 is 2.23 bits per heavy atom. The van der Waals surface area contributed by atoms with Crippen molar-refractivity contribution in [3.05, 3.63) is 0 Å². The van der Waals surface area contributed by atoms with Crippen molar-refractivity contribution < 1.29 is 9.47 Å². The Morgan fingerprint density at radius 3 is 2.77 bits per heavy atom. The van der Waals surface area contributed by atoms with Crippen LogP contribution in [0.5, 0.6) is 0 Å². The molecule has 1 heterocycles. The van der Waals surface area contributed by atoms with Crippen molar-refractivity contribution in [2.75, 3.05) is 18.3 Å². The minimum absolute atomic E-state index is 0.0451. The van der Waals surface area contributed by atoms with E-state index in [1.54, 1.807) is 0 Å². The van der Waals surface area contributed by atoms with E-state index in [9.17, 15) is 0 Å². The summed E-state index contributed by atoms with van der Waals surface area (Å²) in [6.07, 6.45) is 4.32. The van der Waals surface area contributed by atoms with Crippen LogP contribution in [0, 0.1) is 0 Å². The van der Waals surface area contributed by atoms with Crippen molar-refractivity contribution >= 4 is 19.7 Å². The molecule has 0 aromatic carbocycles. The van der Waals surface area contributed by atoms with Gasteiger partial charge in [0.1, 0.15) is 0 Å². The normalized spacial score (nSPS) is 24.7. The zero-order chi connectivity index (χ0) is 9.73. The Kier molecular flexibility index (Phi) is 4.73. The first-order valence-electron chi connectivity index (χ1n) is 4.93. The number of rotatable bonds is 4. The van der Waals surface area contributed by atoms with Crippen LogP contribution in [0.25, 0.3) is 0 Å². The molecule has 1 aliphatic heterocycles. The van der Waals surface area contributed by atoms with E-state index >= 15 is 0 Å². The Bertz CT molecular complexity index is 147. The van der Waals surface area contributed by atoms with Gasteiger partial charge in [0.05, 0.1) is 8.07 Å². The Labute approximate surface area is 86.6 Å². The van der Waals surface area contributed by atoms with Crippen LogP contribution in [0.3, 0.4) is 0 Å². The van der Waals surface area contributed by atoms with E-state index in [-0.39, 0.29) is 6.29 Å². The lowest BCUT2D eigenvalue weighted by molar-refractivity contribution is -0.152. The third kappa shape index (κ3) is 4.45. The van der Waals surface area contributed by atoms with Crippen LogP contribution in [-0.4, -0.2) is 32.7 Å². The van der Waals surface area contributed by atoms with E-state index in [1.807, 2.05) is 0 Å². The van der Waals surface area contributed by atoms with Crippen LogP contribution >= 0.6 is 11.6 Å². The molecule has 0 radical (unpaired) electrons. The highest BCUT2D eigenvalue weighted by atomic mass is 35.5. The van der Waals surface area contributed by atoms with Crippen molar-refractivity contribution in [3.8, 4) is 0 Å². The van der Waals surface area contributed by atoms with E-state index in [0.717, 1.165) is 24.8 Å². The molecule has 78 valence electrons. The number of hydrogen-bond donors (Lipinski definition) is 0. The summed E-state index contributed by atoms with van der Waals surface area (Å²) in [6, 6.07) is 0. The molecule has 0 saturated carbocycles. The largest absolute Gasteiger partial charge is 0.356 e. The maximum atomic E-state index is 5.85. The third-order valence-electron chi connectivity index (χ3n) is 2.16. The van der Waals surface area contributed by atoms with E-state index in [1.165, 1.54) is 12.8 Å². The van der Waals surface area contributed by atoms with E-state index in [4.69, 9.17) is 21.1 Å². The Morgan fingerprint density at radius 1 is 1.46 bits per heavy atom. The SMILES string of the molecule is C[Si](C)(CCl)COC1CCCCO1. The minimum atomic E-state index is -1.30. The van der Waals surface area contributed by atoms with E-state index < -0.39 is 8.07 Å². The van der Waals surface area contributed by atoms with Crippen LogP contribution in [-0.2, 0) is 9.47 Å². The molecule has 0 bridgehead atoms. The fraction of sp³-hybridized carbons (Fsp3) is 1.00. The molecule has 13 heavy (non-hydrogen) atoms. The van der Waals surface area contributed by atoms with Crippen LogP contribution in [0.1, 0.15) is 19.3 Å². The molecular weight excluding hydrogens is 204 g/mol. The molecule has 1 saturated heterocycles. The monoisotopic (exact) mass is 222 g/mol. The molecule has 0 aromatic rings. The zero-order valence-corrected chi connectivity index (χ0v) is 10.3. The van der Waals surface area contributed by atoms with Crippen LogP contribution < -0.4 is 0 Å². The van der Waals surface area contributed by atoms with Gasteiger partial charge in [-0.2, -0.15) is 0 Å². The van der Waals surface area contributed by atoms with Crippen molar-refractivity contribution in [3.63, 3.8) is 0 Å². The molecular formula is C9H19ClO2Si. The topological polar surface area (TPSA) is 18.5 Å². The fourth-order valence-corrected chi connectivity index (χ4v) is 2.15. The predicted octanol–water partition coefficient (Wildman–Crippen LogP) is 2.56. The molecule has 4 heteroatoms. The lowest BCUT2D eigenvalue weighted by atomic mass is 10.2. The molecule has 0 N–H and O–H groups in total. The predicted molar refractivity (Wildman–Crippen MR) is 57.7 cm³/mol. The first-order chi connectivity index (χ1) is 6.14. The van der Waals surface area contributed by atoms with Gasteiger partial charge in [0.2, 0.25) is 0 Å². The Hall–Kier alpha value is 0.427. The molecule has 1 rings (SSSR count). The average Bonchev–Trinajstić information content (AvgIpc) is 2.17. The van der Waals surface area contributed by atoms with Crippen molar-refractivity contribution in [2.24, 2.45) is 0 Å². The molecule has 0 aromatic heterocycles. The lowest BCUT2D eigenvalue weighted by Gasteiger charge is -2.26. The average molecular weight is 223 g/mol. The molecule has 0 amide bonds. The first kappa shape index (κ1) is 11.5. The van der Waals surface area contributed by atoms with Crippen molar-refractivity contribution in [1.82, 2.24) is 0 Å². The highest BCUT2D eigenvalue weighted by Gasteiger charge is 2.23. The maximum Gasteiger partial charge on any atom is 0.157 e. The van der Waals surface area contributed by atoms with Gasteiger partial charge >= 0.3 is 0 Å². The number of alkyl halides is 1. The molecule has 1 atom stereocenters. The highest BCUT2D eigenvalue weighted by Crippen LogP contribution is 2.15. The van der Waals surface area contributed by atoms with Gasteiger partial charge in [0.15, 0.2) is 6.29 Å². The lowest BCUT2D eigenvalue weighted by Crippen LogP contribution is -2.38. The summed E-state index contributed by atoms with van der Waals surface area (Å²) in [5.41, 5.74) is 0.764. The first-order valence-corrected chi connectivity index (χ1v) is 8.88. The summed E-state index contributed by atoms with van der Waals surface area (Å²) in [4.78, 5) is 0. The highest BCUT2D eigenvalue weighted by molar-refractivity contribution is 6.83. The molecule has 1 unspecified atom stereocenters. The van der Waals surface area contributed by atoms with Gasteiger partial charge in [-0.25, -0.2) is 0 Å². The van der Waals surface area contributed by atoms with Gasteiger partial charge in [-0.05, 0) is 19.3 Å². The quantitative estimate of drug-likeness (QED) is 0.538. The van der Waals surface area contributed by atoms with E-state index in [2.05, 4.69) is 13.1 Å². The second-order valence-corrected chi connectivity index (χ2v) is 10.1. The van der Waals surface area contributed by atoms with Gasteiger partial charge in [-0.1, -0.05) is 13.1 Å². The van der Waals surface area contributed by atoms with Crippen LogP contribution in [0.2, 0.25) is 13.1 Å². The van der Waals surface area contributed by atoms with Crippen LogP contribution in [0.4, 0.5) is 0 Å². The molecule has 0 spiro atoms. The Balaban J connectivity index is 2.17. The van der Waals surface area contributed by atoms with Gasteiger partial charge in [-0.15, -0.1) is 11.6 Å². The minimum Gasteiger partial charge on any atom is -0.356 e. The van der Waals surface area contributed by atoms with Gasteiger partial charge < -0.3 is 9.47 Å². The number of ether oxygens (including phenoxy) is 2. The second-order valence-electron chi connectivity index (χ2n) is 4.40. The standard InChI is InChI=1S/C9H19ClO2Si/c1-13(2,7-10)8-12-9-5-3-4-6-11-9/h9H,3-8H2,1-2H3. The van der Waals surface area contributed by atoms with Crippen molar-refractivity contribution in [2.45, 2.75) is 38.6 Å². The van der Waals surface area contributed by atoms with Crippen LogP contribution in [0.15, 0.2) is 0 Å². The van der Waals surface area contributed by atoms with Gasteiger partial charge in [-0.3, -0.25) is 0 Å². The molecule has 0 aliphatic carbocycles. The maximum absolute atomic E-state index is 5.85. The molecule has 1 fully saturated rings. The third-order valence-corrected chi connectivity index (χ3v) is 6.00. The molecule has 1 aliphatic rings. The van der Waals surface area contributed by atoms with Crippen molar-refractivity contribution in [1.29, 1.82) is 0 Å². The molecule has 2 nitrogen and oxygen atoms in total. The fourth-order valence-electron chi connectivity index (χ4n) is 1.20. The number of hydrogen-bond acceptors (Lipinski definition) is 2. The van der Waals surface area contributed by atoms with E-state index in [0.29, 0.717) is 0 Å². The van der Waals surface area contributed by atoms with Gasteiger partial charge in [0, 0.05) is 18.3 Å². The summed E-state index contributed by atoms with van der Waals surface area (Å²) in [6.45, 7) is 5.33. The summed E-state index contributed by atoms with van der Waals surface area (Å²) >= 11 is 5.85. The van der Waals surface area contributed by atoms with Gasteiger partial charge in [0.25, 0.3) is 0 Å². The summed E-state index contributed by atoms with van der Waals surface area (Å²) in [7, 11) is -1.30. The smallest absolute Gasteiger partial charge is 0.157 e. The second kappa shape index (κ2) is 5.34.